The molecule has 0 aliphatic heterocycles. The van der Waals surface area contributed by atoms with Crippen molar-refractivity contribution in [3.05, 3.63) is 57.6 Å². The number of halogens is 2. The van der Waals surface area contributed by atoms with Gasteiger partial charge in [0.2, 0.25) is 0 Å². The molecule has 2 rings (SSSR count). The first-order valence-electron chi connectivity index (χ1n) is 8.47. The Morgan fingerprint density at radius 3 is 1.85 bits per heavy atom. The van der Waals surface area contributed by atoms with Gasteiger partial charge in [-0.05, 0) is 36.8 Å². The van der Waals surface area contributed by atoms with Gasteiger partial charge in [-0.3, -0.25) is 9.59 Å². The van der Waals surface area contributed by atoms with Crippen LogP contribution in [0.3, 0.4) is 0 Å². The molecule has 1 atom stereocenters. The maximum atomic E-state index is 13.4. The number of ether oxygens (including phenoxy) is 2. The minimum absolute atomic E-state index is 0.199. The largest absolute Gasteiger partial charge is 0.496 e. The van der Waals surface area contributed by atoms with E-state index < -0.39 is 7.92 Å². The van der Waals surface area contributed by atoms with Gasteiger partial charge in [0.25, 0.3) is 0 Å². The highest BCUT2D eigenvalue weighted by Crippen LogP contribution is 2.49. The van der Waals surface area contributed by atoms with E-state index in [9.17, 15) is 9.59 Å². The summed E-state index contributed by atoms with van der Waals surface area (Å²) in [5.74, 6) is 0.753. The van der Waals surface area contributed by atoms with Gasteiger partial charge in [-0.2, -0.15) is 0 Å². The van der Waals surface area contributed by atoms with Crippen molar-refractivity contribution in [3.63, 3.8) is 0 Å². The van der Waals surface area contributed by atoms with Gasteiger partial charge in [0.1, 0.15) is 17.1 Å². The van der Waals surface area contributed by atoms with Gasteiger partial charge in [-0.1, -0.05) is 48.7 Å². The van der Waals surface area contributed by atoms with Gasteiger partial charge >= 0.3 is 0 Å². The van der Waals surface area contributed by atoms with E-state index in [2.05, 4.69) is 0 Å². The number of hydrogen-bond donors (Lipinski definition) is 0. The summed E-state index contributed by atoms with van der Waals surface area (Å²) in [4.78, 5) is 26.7. The molecule has 4 nitrogen and oxygen atoms in total. The maximum Gasteiger partial charge on any atom is 0.199 e. The predicted octanol–water partition coefficient (Wildman–Crippen LogP) is 6.27. The van der Waals surface area contributed by atoms with Crippen molar-refractivity contribution < 1.29 is 19.1 Å². The highest BCUT2D eigenvalue weighted by molar-refractivity contribution is 7.90. The summed E-state index contributed by atoms with van der Waals surface area (Å²) < 4.78 is 10.7. The monoisotopic (exact) mass is 426 g/mol. The van der Waals surface area contributed by atoms with E-state index in [0.717, 1.165) is 12.8 Å². The summed E-state index contributed by atoms with van der Waals surface area (Å²) in [6.45, 7) is 2.01. The molecule has 0 aliphatic carbocycles. The molecule has 0 spiro atoms. The third-order valence-corrected chi connectivity index (χ3v) is 6.87. The molecule has 0 bridgehead atoms. The van der Waals surface area contributed by atoms with Gasteiger partial charge in [0, 0.05) is 7.92 Å². The molecule has 0 fully saturated rings. The number of methoxy groups -OCH3 is 2. The average Bonchev–Trinajstić information content (AvgIpc) is 2.67. The Bertz CT molecular complexity index is 796. The zero-order valence-electron chi connectivity index (χ0n) is 15.4. The molecule has 144 valence electrons. The van der Waals surface area contributed by atoms with Crippen molar-refractivity contribution in [3.8, 4) is 11.5 Å². The van der Waals surface area contributed by atoms with E-state index in [1.54, 1.807) is 36.4 Å². The second-order valence-corrected chi connectivity index (χ2v) is 8.68. The molecular formula is C20H21Cl2O4P. The lowest BCUT2D eigenvalue weighted by Gasteiger charge is -2.19. The van der Waals surface area contributed by atoms with Gasteiger partial charge in [-0.25, -0.2) is 0 Å². The van der Waals surface area contributed by atoms with Crippen molar-refractivity contribution >= 4 is 42.2 Å². The second-order valence-electron chi connectivity index (χ2n) is 5.75. The van der Waals surface area contributed by atoms with Crippen LogP contribution in [0.1, 0.15) is 40.5 Å². The molecule has 2 aromatic rings. The summed E-state index contributed by atoms with van der Waals surface area (Å²) >= 11 is 12.4. The van der Waals surface area contributed by atoms with Gasteiger partial charge in [0.15, 0.2) is 11.0 Å². The van der Waals surface area contributed by atoms with Crippen LogP contribution in [-0.4, -0.2) is 31.4 Å². The van der Waals surface area contributed by atoms with Crippen molar-refractivity contribution in [2.75, 3.05) is 20.4 Å². The summed E-state index contributed by atoms with van der Waals surface area (Å²) in [6.07, 6.45) is 2.05. The Morgan fingerprint density at radius 1 is 0.889 bits per heavy atom. The topological polar surface area (TPSA) is 52.6 Å². The van der Waals surface area contributed by atoms with Crippen LogP contribution >= 0.6 is 31.1 Å². The summed E-state index contributed by atoms with van der Waals surface area (Å²) in [7, 11) is 1.23. The van der Waals surface area contributed by atoms with E-state index >= 15 is 0 Å². The van der Waals surface area contributed by atoms with Crippen molar-refractivity contribution in [1.29, 1.82) is 0 Å². The van der Waals surface area contributed by atoms with Crippen LogP contribution in [0, 0.1) is 0 Å². The van der Waals surface area contributed by atoms with E-state index in [1.807, 2.05) is 6.92 Å². The molecule has 27 heavy (non-hydrogen) atoms. The summed E-state index contributed by atoms with van der Waals surface area (Å²) in [6, 6.07) is 9.95. The lowest BCUT2D eigenvalue weighted by molar-refractivity contribution is 0.104. The molecule has 7 heteroatoms. The number of rotatable bonds is 9. The van der Waals surface area contributed by atoms with E-state index in [-0.39, 0.29) is 32.2 Å². The minimum Gasteiger partial charge on any atom is -0.496 e. The third kappa shape index (κ3) is 4.82. The Kier molecular flexibility index (Phi) is 8.09. The summed E-state index contributed by atoms with van der Waals surface area (Å²) in [5.41, 5.74) is -0.146. The quantitative estimate of drug-likeness (QED) is 0.443. The van der Waals surface area contributed by atoms with Crippen LogP contribution in [0.2, 0.25) is 10.0 Å². The Labute approximate surface area is 170 Å². The molecule has 2 aromatic carbocycles. The first kappa shape index (κ1) is 21.7. The van der Waals surface area contributed by atoms with E-state index in [0.29, 0.717) is 17.7 Å². The molecule has 0 N–H and O–H groups in total. The normalized spacial score (nSPS) is 11.7. The standard InChI is InChI=1S/C20H21Cl2O4P/c1-4-5-12-27(19(23)17-13(21)8-6-9-14(17)22)20(24)18-15(25-2)10-7-11-16(18)26-3/h6-11H,4-5,12H2,1-3H3. The Hall–Kier alpha value is -1.61. The van der Waals surface area contributed by atoms with Crippen LogP contribution in [0.5, 0.6) is 11.5 Å². The zero-order chi connectivity index (χ0) is 20.0. The van der Waals surface area contributed by atoms with Gasteiger partial charge < -0.3 is 9.47 Å². The van der Waals surface area contributed by atoms with Crippen molar-refractivity contribution in [2.24, 2.45) is 0 Å². The lowest BCUT2D eigenvalue weighted by atomic mass is 10.2. The number of carbonyl (C=O) groups excluding carboxylic acids is 2. The highest BCUT2D eigenvalue weighted by atomic mass is 35.5. The number of benzene rings is 2. The number of hydrogen-bond acceptors (Lipinski definition) is 4. The van der Waals surface area contributed by atoms with Crippen LogP contribution in [0.25, 0.3) is 0 Å². The number of carbonyl (C=O) groups is 2. The first-order valence-corrected chi connectivity index (χ1v) is 10.8. The Balaban J connectivity index is 2.54. The van der Waals surface area contributed by atoms with Gasteiger partial charge in [0.05, 0.1) is 29.8 Å². The molecule has 0 aliphatic rings. The maximum absolute atomic E-state index is 13.4. The third-order valence-electron chi connectivity index (χ3n) is 4.04. The second kappa shape index (κ2) is 10.1. The van der Waals surface area contributed by atoms with Gasteiger partial charge in [-0.15, -0.1) is 0 Å². The minimum atomic E-state index is -1.72. The SMILES string of the molecule is CCCCP(C(=O)c1c(Cl)cccc1Cl)C(=O)c1c(OC)cccc1OC. The molecule has 0 radical (unpaired) electrons. The van der Waals surface area contributed by atoms with Crippen LogP contribution in [0.4, 0.5) is 0 Å². The zero-order valence-corrected chi connectivity index (χ0v) is 17.8. The summed E-state index contributed by atoms with van der Waals surface area (Å²) in [5, 5.41) is 0.493. The fraction of sp³-hybridized carbons (Fsp3) is 0.300. The first-order chi connectivity index (χ1) is 13.0. The molecular weight excluding hydrogens is 406 g/mol. The number of unbranched alkanes of at least 4 members (excludes halogenated alkanes) is 1. The Morgan fingerprint density at radius 2 is 1.37 bits per heavy atom. The molecule has 0 aromatic heterocycles. The molecule has 0 saturated heterocycles. The van der Waals surface area contributed by atoms with Crippen LogP contribution < -0.4 is 9.47 Å². The molecule has 1 unspecified atom stereocenters. The fourth-order valence-electron chi connectivity index (χ4n) is 2.65. The van der Waals surface area contributed by atoms with Crippen LogP contribution in [0.15, 0.2) is 36.4 Å². The molecule has 0 amide bonds. The molecule has 0 saturated carbocycles. The smallest absolute Gasteiger partial charge is 0.199 e. The van der Waals surface area contributed by atoms with Crippen molar-refractivity contribution in [1.82, 2.24) is 0 Å². The van der Waals surface area contributed by atoms with Crippen LogP contribution in [-0.2, 0) is 0 Å². The average molecular weight is 427 g/mol. The predicted molar refractivity (Wildman–Crippen MR) is 111 cm³/mol. The van der Waals surface area contributed by atoms with Crippen molar-refractivity contribution in [2.45, 2.75) is 19.8 Å². The molecule has 0 heterocycles. The lowest BCUT2D eigenvalue weighted by Crippen LogP contribution is -2.12. The fourth-order valence-corrected chi connectivity index (χ4v) is 5.57. The van der Waals surface area contributed by atoms with E-state index in [1.165, 1.54) is 14.2 Å². The van der Waals surface area contributed by atoms with E-state index in [4.69, 9.17) is 32.7 Å². The highest BCUT2D eigenvalue weighted by Gasteiger charge is 2.33.